The van der Waals surface area contributed by atoms with Gasteiger partial charge in [0.05, 0.1) is 77.6 Å². The zero-order chi connectivity index (χ0) is 90.6. The second-order valence-corrected chi connectivity index (χ2v) is 36.6. The first kappa shape index (κ1) is 78.3. The Hall–Kier alpha value is -18.4. The van der Waals surface area contributed by atoms with E-state index < -0.39 is 0 Å². The molecule has 6 heteroatoms. The third-order valence-electron chi connectivity index (χ3n) is 29.0. The van der Waals surface area contributed by atoms with Gasteiger partial charge in [0, 0.05) is 98.2 Å². The highest BCUT2D eigenvalue weighted by molar-refractivity contribution is 6.21. The van der Waals surface area contributed by atoms with Crippen LogP contribution in [0.15, 0.2) is 510 Å². The second-order valence-electron chi connectivity index (χ2n) is 36.6. The maximum Gasteiger partial charge on any atom is 0.0546 e. The van der Waals surface area contributed by atoms with Crippen LogP contribution in [0.4, 0.5) is 0 Å². The molecule has 138 heavy (non-hydrogen) atoms. The molecule has 0 atom stereocenters. The summed E-state index contributed by atoms with van der Waals surface area (Å²) < 4.78 is 14.7. The molecule has 642 valence electrons. The van der Waals surface area contributed by atoms with Crippen molar-refractivity contribution < 1.29 is 0 Å². The molecule has 0 aliphatic heterocycles. The van der Waals surface area contributed by atoms with Crippen LogP contribution >= 0.6 is 0 Å². The van der Waals surface area contributed by atoms with E-state index in [4.69, 9.17) is 0 Å². The fraction of sp³-hybridized carbons (Fsp3) is 0. The molecule has 6 nitrogen and oxygen atoms in total. The van der Waals surface area contributed by atoms with Gasteiger partial charge in [-0.05, 0) is 270 Å². The van der Waals surface area contributed by atoms with E-state index in [9.17, 15) is 0 Å². The zero-order valence-corrected chi connectivity index (χ0v) is 75.2. The van der Waals surface area contributed by atoms with E-state index in [-0.39, 0.29) is 0 Å². The third kappa shape index (κ3) is 12.6. The molecule has 29 aromatic rings. The van der Waals surface area contributed by atoms with Gasteiger partial charge in [0.15, 0.2) is 0 Å². The van der Waals surface area contributed by atoms with Crippen molar-refractivity contribution in [2.45, 2.75) is 0 Å². The van der Waals surface area contributed by atoms with Gasteiger partial charge in [-0.1, -0.05) is 328 Å². The van der Waals surface area contributed by atoms with Crippen molar-refractivity contribution in [2.24, 2.45) is 0 Å². The van der Waals surface area contributed by atoms with Gasteiger partial charge in [-0.2, -0.15) is 0 Å². The van der Waals surface area contributed by atoms with Crippen LogP contribution < -0.4 is 0 Å². The second kappa shape index (κ2) is 31.7. The molecule has 23 aromatic carbocycles. The van der Waals surface area contributed by atoms with E-state index in [0.29, 0.717) is 0 Å². The molecule has 29 rings (SSSR count). The highest BCUT2D eigenvalue weighted by atomic mass is 15.0. The molecule has 0 amide bonds. The molecule has 0 aliphatic carbocycles. The van der Waals surface area contributed by atoms with Gasteiger partial charge in [0.25, 0.3) is 0 Å². The number of benzene rings is 23. The first-order valence-corrected chi connectivity index (χ1v) is 47.6. The largest absolute Gasteiger partial charge is 0.309 e. The fourth-order valence-electron chi connectivity index (χ4n) is 22.7. The smallest absolute Gasteiger partial charge is 0.0546 e. The van der Waals surface area contributed by atoms with Crippen LogP contribution in [-0.2, 0) is 0 Å². The van der Waals surface area contributed by atoms with E-state index in [1.807, 2.05) is 0 Å². The first-order chi connectivity index (χ1) is 68.4. The average molecular weight is 1750 g/mol. The van der Waals surface area contributed by atoms with Crippen LogP contribution in [0.25, 0.3) is 264 Å². The lowest BCUT2D eigenvalue weighted by Crippen LogP contribution is -1.96. The Kier molecular flexibility index (Phi) is 18.0. The Morgan fingerprint density at radius 2 is 0.326 bits per heavy atom. The Labute approximate surface area is 795 Å². The lowest BCUT2D eigenvalue weighted by Gasteiger charge is -2.14. The Morgan fingerprint density at radius 1 is 0.0942 bits per heavy atom. The summed E-state index contributed by atoms with van der Waals surface area (Å²) in [6.07, 6.45) is 0. The molecule has 0 unspecified atom stereocenters. The minimum Gasteiger partial charge on any atom is -0.309 e. The van der Waals surface area contributed by atoms with Crippen molar-refractivity contribution in [1.29, 1.82) is 0 Å². The summed E-state index contributed by atoms with van der Waals surface area (Å²) in [5.74, 6) is 0. The van der Waals surface area contributed by atoms with Gasteiger partial charge in [-0.15, -0.1) is 0 Å². The number of fused-ring (bicyclic) bond motifs is 22. The van der Waals surface area contributed by atoms with Crippen LogP contribution in [0.5, 0.6) is 0 Å². The first-order valence-electron chi connectivity index (χ1n) is 47.6. The third-order valence-corrected chi connectivity index (χ3v) is 29.0. The number of hydrogen-bond donors (Lipinski definition) is 0. The maximum atomic E-state index is 2.49. The molecule has 6 heterocycles. The minimum absolute atomic E-state index is 1.14. The van der Waals surface area contributed by atoms with Crippen molar-refractivity contribution in [3.05, 3.63) is 510 Å². The van der Waals surface area contributed by atoms with Crippen LogP contribution in [0.2, 0.25) is 0 Å². The molecule has 0 fully saturated rings. The summed E-state index contributed by atoms with van der Waals surface area (Å²) >= 11 is 0. The van der Waals surface area contributed by atoms with Crippen molar-refractivity contribution >= 4 is 163 Å². The summed E-state index contributed by atoms with van der Waals surface area (Å²) in [5, 5.41) is 22.2. The maximum absolute atomic E-state index is 2.49. The average Bonchev–Trinajstić information content (AvgIpc) is 1.56. The predicted molar refractivity (Wildman–Crippen MR) is 584 cm³/mol. The van der Waals surface area contributed by atoms with E-state index >= 15 is 0 Å². The SMILES string of the molecule is c1ccc(-c2ccc3c(c2)c2cc(-c4ccc5c(c4)c4cc(-c6ccccc6)ccc4n5-c4cc5ccccc5c5ccccc45)ccc2n3-c2ccc3c(c2)c2ccccc2n3-c2ccccc2)cc1.c1ccc(-c2ccc3c(c2)c2cc(-c4ccc5c(c4)c4cc(-c6ccccc6)ccc4n5-c4cccc5ccccc45)ccc2n3-c2ccc3c(c2)c2ccccc2n3-c2ccccc2)cc1. The summed E-state index contributed by atoms with van der Waals surface area (Å²) in [6.45, 7) is 0. The molecule has 0 N–H and O–H groups in total. The van der Waals surface area contributed by atoms with Gasteiger partial charge < -0.3 is 27.4 Å². The molecule has 0 saturated heterocycles. The van der Waals surface area contributed by atoms with Crippen LogP contribution in [-0.4, -0.2) is 27.4 Å². The van der Waals surface area contributed by atoms with Gasteiger partial charge >= 0.3 is 0 Å². The summed E-state index contributed by atoms with van der Waals surface area (Å²) in [7, 11) is 0. The van der Waals surface area contributed by atoms with Crippen molar-refractivity contribution in [3.63, 3.8) is 0 Å². The summed E-state index contributed by atoms with van der Waals surface area (Å²) in [5.41, 5.74) is 35.6. The number of nitrogens with zero attached hydrogens (tertiary/aromatic N) is 6. The topological polar surface area (TPSA) is 29.6 Å². The highest BCUT2D eigenvalue weighted by Crippen LogP contribution is 2.48. The van der Waals surface area contributed by atoms with Crippen molar-refractivity contribution in [3.8, 4) is 101 Å². The Bertz CT molecular complexity index is 10000. The normalized spacial score (nSPS) is 11.9. The van der Waals surface area contributed by atoms with Crippen LogP contribution in [0.1, 0.15) is 0 Å². The van der Waals surface area contributed by atoms with E-state index in [1.54, 1.807) is 0 Å². The molecule has 0 spiro atoms. The predicted octanol–water partition coefficient (Wildman–Crippen LogP) is 35.4. The van der Waals surface area contributed by atoms with Crippen molar-refractivity contribution in [1.82, 2.24) is 27.4 Å². The van der Waals surface area contributed by atoms with Gasteiger partial charge in [0.1, 0.15) is 0 Å². The summed E-state index contributed by atoms with van der Waals surface area (Å²) in [6, 6.07) is 188. The molecule has 0 radical (unpaired) electrons. The summed E-state index contributed by atoms with van der Waals surface area (Å²) in [4.78, 5) is 0. The zero-order valence-electron chi connectivity index (χ0n) is 75.2. The van der Waals surface area contributed by atoms with E-state index in [2.05, 4.69) is 537 Å². The lowest BCUT2D eigenvalue weighted by molar-refractivity contribution is 1.17. The van der Waals surface area contributed by atoms with E-state index in [0.717, 1.165) is 22.7 Å². The molecular weight excluding hydrogens is 1670 g/mol. The van der Waals surface area contributed by atoms with Gasteiger partial charge in [0.2, 0.25) is 0 Å². The fourth-order valence-corrected chi connectivity index (χ4v) is 22.7. The van der Waals surface area contributed by atoms with Gasteiger partial charge in [-0.25, -0.2) is 0 Å². The molecule has 0 saturated carbocycles. The lowest BCUT2D eigenvalue weighted by atomic mass is 9.98. The Balaban J connectivity index is 0.000000136. The minimum atomic E-state index is 1.14. The standard InChI is InChI=1S/C68H43N3.C64H41N3/c1-4-16-44(17-5-1)46-28-33-63-57(38-46)58-40-48(30-34-64(58)70(63)52-32-37-65-61(43-52)56-26-14-15-27-62(56)69(65)51-21-8-3-9-22-51)49-31-36-67-60(41-49)59-39-47(45-18-6-2-7-19-45)29-35-66(59)71(67)68-42-50-20-10-11-23-53(50)54-24-12-13-25-55(54)68;1-4-15-42(16-5-1)45-27-32-60-53(37-45)54-39-47(29-33-61(54)66(60)50-31-36-62-57(41-50)52-24-12-13-25-59(52)65(62)49-21-8-3-9-22-49)48-30-35-64-56(40-48)55-38-46(43-17-6-2-7-18-43)28-34-63(55)67(64)58-26-14-20-44-19-10-11-23-51(44)58/h1-43H;1-41H. The van der Waals surface area contributed by atoms with Crippen molar-refractivity contribution in [2.75, 3.05) is 0 Å². The monoisotopic (exact) mass is 1750 g/mol. The number of aromatic nitrogens is 6. The number of hydrogen-bond acceptors (Lipinski definition) is 0. The molecule has 0 aliphatic rings. The van der Waals surface area contributed by atoms with E-state index in [1.165, 1.54) is 241 Å². The number of para-hydroxylation sites is 4. The number of rotatable bonds is 12. The van der Waals surface area contributed by atoms with Crippen LogP contribution in [0.3, 0.4) is 0 Å². The molecule has 6 aromatic heterocycles. The highest BCUT2D eigenvalue weighted by Gasteiger charge is 2.26. The van der Waals surface area contributed by atoms with Gasteiger partial charge in [-0.3, -0.25) is 0 Å². The molecular formula is C132H84N6. The van der Waals surface area contributed by atoms with Crippen LogP contribution in [0, 0.1) is 0 Å². The Morgan fingerprint density at radius 3 is 0.681 bits per heavy atom. The quantitative estimate of drug-likeness (QED) is 0.109. The molecule has 0 bridgehead atoms.